The maximum atomic E-state index is 10.2. The molecule has 0 aromatic carbocycles. The number of rotatable bonds is 4. The first-order chi connectivity index (χ1) is 4.54. The number of hydrogen-bond acceptors (Lipinski definition) is 4. The van der Waals surface area contributed by atoms with E-state index in [4.69, 9.17) is 16.6 Å². The van der Waals surface area contributed by atoms with Crippen LogP contribution in [-0.2, 0) is 9.59 Å². The fourth-order valence-corrected chi connectivity index (χ4v) is 0.459. The first-order valence-electron chi connectivity index (χ1n) is 2.68. The monoisotopic (exact) mass is 146 g/mol. The van der Waals surface area contributed by atoms with Crippen molar-refractivity contribution < 1.29 is 14.7 Å². The summed E-state index contributed by atoms with van der Waals surface area (Å²) in [5.74, 6) is -0.705. The van der Waals surface area contributed by atoms with Crippen LogP contribution in [0.15, 0.2) is 0 Å². The molecule has 0 aliphatic carbocycles. The summed E-state index contributed by atoms with van der Waals surface area (Å²) in [5.41, 5.74) is 8.43. The molecule has 0 aliphatic heterocycles. The van der Waals surface area contributed by atoms with E-state index in [0.717, 1.165) is 0 Å². The Labute approximate surface area is 58.0 Å². The first-order valence-corrected chi connectivity index (χ1v) is 2.68. The number of amides is 1. The van der Waals surface area contributed by atoms with Gasteiger partial charge in [0.05, 0.1) is 13.0 Å². The topological polar surface area (TPSA) is 106 Å². The fraction of sp³-hybridized carbons (Fsp3) is 0.600. The number of aliphatic hydroxyl groups excluding tert-OH is 1. The number of aliphatic hydroxyl groups is 1. The summed E-state index contributed by atoms with van der Waals surface area (Å²) in [6.07, 6.45) is -0.00917. The standard InChI is InChI=1S/C5H10N2O3/c6-4(10)1-5(7,2-8)3-9/h2,9H,1,3,7H2,(H2,6,10)/t5-/m0/s1. The molecule has 10 heavy (non-hydrogen) atoms. The van der Waals surface area contributed by atoms with Gasteiger partial charge in [0.2, 0.25) is 5.91 Å². The largest absolute Gasteiger partial charge is 0.394 e. The molecule has 0 aromatic heterocycles. The van der Waals surface area contributed by atoms with Crippen molar-refractivity contribution in [3.8, 4) is 0 Å². The summed E-state index contributed by atoms with van der Waals surface area (Å²) < 4.78 is 0. The Kier molecular flexibility index (Phi) is 2.98. The van der Waals surface area contributed by atoms with Crippen molar-refractivity contribution in [3.63, 3.8) is 0 Å². The van der Waals surface area contributed by atoms with Gasteiger partial charge in [-0.1, -0.05) is 0 Å². The summed E-state index contributed by atoms with van der Waals surface area (Å²) >= 11 is 0. The summed E-state index contributed by atoms with van der Waals surface area (Å²) in [4.78, 5) is 20.3. The average Bonchev–Trinajstić information content (AvgIpc) is 1.87. The molecule has 0 rings (SSSR count). The van der Waals surface area contributed by atoms with Crippen LogP contribution in [0.5, 0.6) is 0 Å². The molecule has 0 radical (unpaired) electrons. The van der Waals surface area contributed by atoms with Crippen molar-refractivity contribution >= 4 is 12.2 Å². The van der Waals surface area contributed by atoms with E-state index in [0.29, 0.717) is 6.29 Å². The normalized spacial score (nSPS) is 15.8. The second-order valence-electron chi connectivity index (χ2n) is 2.15. The molecule has 0 saturated heterocycles. The van der Waals surface area contributed by atoms with Gasteiger partial charge in [-0.15, -0.1) is 0 Å². The third-order valence-corrected chi connectivity index (χ3v) is 1.03. The Hall–Kier alpha value is -0.940. The second kappa shape index (κ2) is 3.28. The van der Waals surface area contributed by atoms with Crippen molar-refractivity contribution in [3.05, 3.63) is 0 Å². The van der Waals surface area contributed by atoms with Crippen LogP contribution in [0, 0.1) is 0 Å². The number of carbonyl (C=O) groups excluding carboxylic acids is 2. The van der Waals surface area contributed by atoms with Gasteiger partial charge in [0.25, 0.3) is 0 Å². The molecule has 5 heteroatoms. The lowest BCUT2D eigenvalue weighted by Crippen LogP contribution is -2.48. The van der Waals surface area contributed by atoms with Crippen molar-refractivity contribution in [1.82, 2.24) is 0 Å². The van der Waals surface area contributed by atoms with Crippen molar-refractivity contribution in [1.29, 1.82) is 0 Å². The van der Waals surface area contributed by atoms with Gasteiger partial charge in [-0.05, 0) is 0 Å². The quantitative estimate of drug-likeness (QED) is 0.389. The Morgan fingerprint density at radius 1 is 1.70 bits per heavy atom. The van der Waals surface area contributed by atoms with Crippen molar-refractivity contribution in [2.45, 2.75) is 12.0 Å². The van der Waals surface area contributed by atoms with E-state index in [2.05, 4.69) is 0 Å². The molecule has 5 N–H and O–H groups in total. The molecular weight excluding hydrogens is 136 g/mol. The molecule has 0 unspecified atom stereocenters. The highest BCUT2D eigenvalue weighted by Crippen LogP contribution is 1.99. The third-order valence-electron chi connectivity index (χ3n) is 1.03. The molecule has 1 amide bonds. The molecule has 0 heterocycles. The maximum Gasteiger partial charge on any atom is 0.219 e. The minimum atomic E-state index is -1.49. The lowest BCUT2D eigenvalue weighted by atomic mass is 10.00. The van der Waals surface area contributed by atoms with Gasteiger partial charge in [0.1, 0.15) is 11.8 Å². The van der Waals surface area contributed by atoms with Crippen LogP contribution < -0.4 is 11.5 Å². The van der Waals surface area contributed by atoms with Gasteiger partial charge in [-0.2, -0.15) is 0 Å². The summed E-state index contributed by atoms with van der Waals surface area (Å²) in [6.45, 7) is -0.570. The van der Waals surface area contributed by atoms with E-state index in [1.165, 1.54) is 0 Å². The van der Waals surface area contributed by atoms with Crippen LogP contribution in [0.25, 0.3) is 0 Å². The smallest absolute Gasteiger partial charge is 0.219 e. The Morgan fingerprint density at radius 3 is 2.30 bits per heavy atom. The lowest BCUT2D eigenvalue weighted by molar-refractivity contribution is -0.123. The predicted octanol–water partition coefficient (Wildman–Crippen LogP) is -2.25. The number of hydrogen-bond donors (Lipinski definition) is 3. The Bertz CT molecular complexity index is 148. The van der Waals surface area contributed by atoms with Gasteiger partial charge in [0.15, 0.2) is 0 Å². The van der Waals surface area contributed by atoms with Crippen molar-refractivity contribution in [2.75, 3.05) is 6.61 Å². The highest BCUT2D eigenvalue weighted by molar-refractivity contribution is 5.81. The van der Waals surface area contributed by atoms with Crippen LogP contribution >= 0.6 is 0 Å². The summed E-state index contributed by atoms with van der Waals surface area (Å²) in [6, 6.07) is 0. The van der Waals surface area contributed by atoms with Crippen LogP contribution in [0.2, 0.25) is 0 Å². The zero-order chi connectivity index (χ0) is 8.20. The van der Waals surface area contributed by atoms with Gasteiger partial charge in [-0.25, -0.2) is 0 Å². The molecule has 58 valence electrons. The Balaban J connectivity index is 4.05. The van der Waals surface area contributed by atoms with Gasteiger partial charge < -0.3 is 21.4 Å². The molecule has 0 bridgehead atoms. The highest BCUT2D eigenvalue weighted by Gasteiger charge is 2.25. The van der Waals surface area contributed by atoms with E-state index in [-0.39, 0.29) is 6.42 Å². The molecule has 0 aliphatic rings. The number of primary amides is 1. The van der Waals surface area contributed by atoms with E-state index in [1.807, 2.05) is 0 Å². The van der Waals surface area contributed by atoms with E-state index >= 15 is 0 Å². The molecule has 0 saturated carbocycles. The number of aldehydes is 1. The van der Waals surface area contributed by atoms with Gasteiger partial charge in [0, 0.05) is 0 Å². The van der Waals surface area contributed by atoms with Crippen molar-refractivity contribution in [2.24, 2.45) is 11.5 Å². The lowest BCUT2D eigenvalue weighted by Gasteiger charge is -2.16. The molecule has 5 nitrogen and oxygen atoms in total. The second-order valence-corrected chi connectivity index (χ2v) is 2.15. The zero-order valence-corrected chi connectivity index (χ0v) is 5.41. The van der Waals surface area contributed by atoms with E-state index < -0.39 is 18.1 Å². The molecule has 0 fully saturated rings. The first kappa shape index (κ1) is 9.06. The molecule has 0 spiro atoms. The fourth-order valence-electron chi connectivity index (χ4n) is 0.459. The summed E-state index contributed by atoms with van der Waals surface area (Å²) in [5, 5.41) is 8.47. The van der Waals surface area contributed by atoms with Crippen LogP contribution in [-0.4, -0.2) is 29.4 Å². The zero-order valence-electron chi connectivity index (χ0n) is 5.41. The van der Waals surface area contributed by atoms with Gasteiger partial charge in [-0.3, -0.25) is 4.79 Å². The van der Waals surface area contributed by atoms with E-state index in [9.17, 15) is 9.59 Å². The minimum absolute atomic E-state index is 0.317. The molecular formula is C5H10N2O3. The Morgan fingerprint density at radius 2 is 2.20 bits per heavy atom. The van der Waals surface area contributed by atoms with Crippen LogP contribution in [0.4, 0.5) is 0 Å². The predicted molar refractivity (Wildman–Crippen MR) is 33.9 cm³/mol. The average molecular weight is 146 g/mol. The summed E-state index contributed by atoms with van der Waals surface area (Å²) in [7, 11) is 0. The maximum absolute atomic E-state index is 10.2. The van der Waals surface area contributed by atoms with E-state index in [1.54, 1.807) is 0 Å². The third kappa shape index (κ3) is 2.56. The molecule has 1 atom stereocenters. The highest BCUT2D eigenvalue weighted by atomic mass is 16.3. The SMILES string of the molecule is NC(=O)C[C@](N)(C=O)CO. The molecule has 0 aromatic rings. The van der Waals surface area contributed by atoms with Crippen LogP contribution in [0.3, 0.4) is 0 Å². The van der Waals surface area contributed by atoms with Crippen LogP contribution in [0.1, 0.15) is 6.42 Å². The minimum Gasteiger partial charge on any atom is -0.394 e. The number of carbonyl (C=O) groups is 2. The van der Waals surface area contributed by atoms with Gasteiger partial charge >= 0.3 is 0 Å². The number of nitrogens with two attached hydrogens (primary N) is 2.